The molecule has 2 aromatic rings. The van der Waals surface area contributed by atoms with Gasteiger partial charge in [-0.15, -0.1) is 0 Å². The molecule has 2 rings (SSSR count). The Morgan fingerprint density at radius 3 is 2.71 bits per heavy atom. The van der Waals surface area contributed by atoms with Gasteiger partial charge in [0.2, 0.25) is 0 Å². The number of aliphatic hydroxyl groups excluding tert-OH is 1. The van der Waals surface area contributed by atoms with E-state index < -0.39 is 6.10 Å². The Kier molecular flexibility index (Phi) is 6.21. The first-order chi connectivity index (χ1) is 10.2. The smallest absolute Gasteiger partial charge is 0.150 e. The van der Waals surface area contributed by atoms with E-state index >= 15 is 0 Å². The predicted molar refractivity (Wildman–Crippen MR) is 84.4 cm³/mol. The van der Waals surface area contributed by atoms with E-state index in [4.69, 9.17) is 11.6 Å². The molecule has 0 amide bonds. The van der Waals surface area contributed by atoms with Crippen LogP contribution in [0.15, 0.2) is 30.6 Å². The van der Waals surface area contributed by atoms with E-state index in [1.165, 1.54) is 5.56 Å². The zero-order valence-electron chi connectivity index (χ0n) is 12.4. The summed E-state index contributed by atoms with van der Waals surface area (Å²) in [7, 11) is 0. The van der Waals surface area contributed by atoms with Gasteiger partial charge in [-0.05, 0) is 37.0 Å². The summed E-state index contributed by atoms with van der Waals surface area (Å²) in [5, 5.41) is 15.2. The van der Waals surface area contributed by atoms with Crippen molar-refractivity contribution in [3.8, 4) is 0 Å². The highest BCUT2D eigenvalue weighted by Gasteiger charge is 2.08. The van der Waals surface area contributed by atoms with Gasteiger partial charge >= 0.3 is 0 Å². The Hall–Kier alpha value is -1.39. The standard InChI is InChI=1S/C16H22ClN3O/c1-2-3-4-16-18-12-20(19-16)11-15(21)10-7-13-5-8-14(17)9-6-13/h5-6,8-9,12,15,21H,2-4,7,10-11H2,1H3. The molecule has 1 aromatic carbocycles. The van der Waals surface area contributed by atoms with Gasteiger partial charge in [0.15, 0.2) is 5.82 Å². The summed E-state index contributed by atoms with van der Waals surface area (Å²) < 4.78 is 1.73. The topological polar surface area (TPSA) is 50.9 Å². The largest absolute Gasteiger partial charge is 0.391 e. The lowest BCUT2D eigenvalue weighted by Crippen LogP contribution is -2.17. The maximum Gasteiger partial charge on any atom is 0.150 e. The Bertz CT molecular complexity index is 539. The first-order valence-electron chi connectivity index (χ1n) is 7.48. The van der Waals surface area contributed by atoms with Gasteiger partial charge in [0.05, 0.1) is 12.6 Å². The summed E-state index contributed by atoms with van der Waals surface area (Å²) in [6.45, 7) is 2.64. The van der Waals surface area contributed by atoms with Crippen LogP contribution < -0.4 is 0 Å². The molecule has 0 radical (unpaired) electrons. The van der Waals surface area contributed by atoms with Gasteiger partial charge in [-0.1, -0.05) is 37.1 Å². The lowest BCUT2D eigenvalue weighted by Gasteiger charge is -2.10. The molecule has 0 aliphatic heterocycles. The number of hydrogen-bond donors (Lipinski definition) is 1. The molecule has 21 heavy (non-hydrogen) atoms. The highest BCUT2D eigenvalue weighted by atomic mass is 35.5. The van der Waals surface area contributed by atoms with Crippen LogP contribution in [0.4, 0.5) is 0 Å². The normalized spacial score (nSPS) is 12.5. The molecule has 114 valence electrons. The van der Waals surface area contributed by atoms with Crippen molar-refractivity contribution < 1.29 is 5.11 Å². The predicted octanol–water partition coefficient (Wildman–Crippen LogP) is 3.27. The van der Waals surface area contributed by atoms with E-state index in [-0.39, 0.29) is 0 Å². The summed E-state index contributed by atoms with van der Waals surface area (Å²) in [5.74, 6) is 0.863. The first kappa shape index (κ1) is 16.0. The van der Waals surface area contributed by atoms with Crippen LogP contribution in [0.2, 0.25) is 5.02 Å². The third kappa shape index (κ3) is 5.48. The van der Waals surface area contributed by atoms with Gasteiger partial charge in [0.25, 0.3) is 0 Å². The molecular weight excluding hydrogens is 286 g/mol. The van der Waals surface area contributed by atoms with Crippen molar-refractivity contribution in [2.75, 3.05) is 0 Å². The molecule has 1 N–H and O–H groups in total. The Balaban J connectivity index is 1.77. The summed E-state index contributed by atoms with van der Waals surface area (Å²) >= 11 is 5.85. The molecule has 1 unspecified atom stereocenters. The van der Waals surface area contributed by atoms with Gasteiger partial charge < -0.3 is 5.11 Å². The van der Waals surface area contributed by atoms with Crippen LogP contribution in [0.3, 0.4) is 0 Å². The van der Waals surface area contributed by atoms with Gasteiger partial charge in [-0.3, -0.25) is 4.68 Å². The van der Waals surface area contributed by atoms with Crippen LogP contribution in [-0.4, -0.2) is 26.0 Å². The van der Waals surface area contributed by atoms with Gasteiger partial charge in [-0.2, -0.15) is 5.10 Å². The molecule has 1 aromatic heterocycles. The summed E-state index contributed by atoms with van der Waals surface area (Å²) in [4.78, 5) is 4.26. The van der Waals surface area contributed by atoms with Crippen molar-refractivity contribution in [1.29, 1.82) is 0 Å². The minimum atomic E-state index is -0.415. The SMILES string of the molecule is CCCCc1ncn(CC(O)CCc2ccc(Cl)cc2)n1. The summed E-state index contributed by atoms with van der Waals surface area (Å²) in [6.07, 6.45) is 5.96. The Labute approximate surface area is 130 Å². The number of aryl methyl sites for hydroxylation is 2. The zero-order valence-corrected chi connectivity index (χ0v) is 13.1. The van der Waals surface area contributed by atoms with Crippen molar-refractivity contribution >= 4 is 11.6 Å². The fraction of sp³-hybridized carbons (Fsp3) is 0.500. The number of aromatic nitrogens is 3. The van der Waals surface area contributed by atoms with Gasteiger partial charge in [0.1, 0.15) is 6.33 Å². The number of halogens is 1. The Morgan fingerprint density at radius 1 is 1.24 bits per heavy atom. The molecular formula is C16H22ClN3O. The van der Waals surface area contributed by atoms with Crippen molar-refractivity contribution in [3.05, 3.63) is 47.0 Å². The van der Waals surface area contributed by atoms with Gasteiger partial charge in [-0.25, -0.2) is 4.98 Å². The van der Waals surface area contributed by atoms with E-state index in [1.54, 1.807) is 11.0 Å². The molecule has 0 bridgehead atoms. The molecule has 0 aliphatic carbocycles. The second kappa shape index (κ2) is 8.15. The molecule has 4 nitrogen and oxygen atoms in total. The van der Waals surface area contributed by atoms with Crippen LogP contribution in [0.25, 0.3) is 0 Å². The minimum Gasteiger partial charge on any atom is -0.391 e. The molecule has 0 saturated heterocycles. The highest BCUT2D eigenvalue weighted by molar-refractivity contribution is 6.30. The minimum absolute atomic E-state index is 0.415. The fourth-order valence-corrected chi connectivity index (χ4v) is 2.29. The third-order valence-corrected chi connectivity index (χ3v) is 3.67. The molecule has 5 heteroatoms. The van der Waals surface area contributed by atoms with Crippen molar-refractivity contribution in [2.45, 2.75) is 51.7 Å². The number of rotatable bonds is 8. The van der Waals surface area contributed by atoms with Crippen LogP contribution in [0, 0.1) is 0 Å². The number of nitrogens with zero attached hydrogens (tertiary/aromatic N) is 3. The van der Waals surface area contributed by atoms with Crippen LogP contribution >= 0.6 is 11.6 Å². The quantitative estimate of drug-likeness (QED) is 0.814. The van der Waals surface area contributed by atoms with Crippen LogP contribution in [0.5, 0.6) is 0 Å². The maximum atomic E-state index is 10.1. The lowest BCUT2D eigenvalue weighted by molar-refractivity contribution is 0.140. The maximum absolute atomic E-state index is 10.1. The number of hydrogen-bond acceptors (Lipinski definition) is 3. The zero-order chi connectivity index (χ0) is 15.1. The monoisotopic (exact) mass is 307 g/mol. The first-order valence-corrected chi connectivity index (χ1v) is 7.86. The second-order valence-corrected chi connectivity index (χ2v) is 5.74. The lowest BCUT2D eigenvalue weighted by atomic mass is 10.1. The molecule has 0 spiro atoms. The van der Waals surface area contributed by atoms with E-state index in [0.717, 1.165) is 36.5 Å². The Morgan fingerprint density at radius 2 is 2.00 bits per heavy atom. The van der Waals surface area contributed by atoms with Gasteiger partial charge in [0, 0.05) is 11.4 Å². The van der Waals surface area contributed by atoms with Crippen LogP contribution in [-0.2, 0) is 19.4 Å². The molecule has 0 fully saturated rings. The van der Waals surface area contributed by atoms with Crippen molar-refractivity contribution in [3.63, 3.8) is 0 Å². The van der Waals surface area contributed by atoms with Crippen molar-refractivity contribution in [1.82, 2.24) is 14.8 Å². The van der Waals surface area contributed by atoms with E-state index in [0.29, 0.717) is 13.0 Å². The van der Waals surface area contributed by atoms with Crippen LogP contribution in [0.1, 0.15) is 37.6 Å². The number of aliphatic hydroxyl groups is 1. The summed E-state index contributed by atoms with van der Waals surface area (Å²) in [5.41, 5.74) is 1.18. The van der Waals surface area contributed by atoms with E-state index in [1.807, 2.05) is 24.3 Å². The third-order valence-electron chi connectivity index (χ3n) is 3.42. The molecule has 1 heterocycles. The average molecular weight is 308 g/mol. The number of benzene rings is 1. The number of unbranched alkanes of at least 4 members (excludes halogenated alkanes) is 1. The fourth-order valence-electron chi connectivity index (χ4n) is 2.16. The molecule has 0 aliphatic rings. The molecule has 1 atom stereocenters. The van der Waals surface area contributed by atoms with E-state index in [9.17, 15) is 5.11 Å². The van der Waals surface area contributed by atoms with E-state index in [2.05, 4.69) is 17.0 Å². The average Bonchev–Trinajstić information content (AvgIpc) is 2.92. The van der Waals surface area contributed by atoms with Crippen molar-refractivity contribution in [2.24, 2.45) is 0 Å². The highest BCUT2D eigenvalue weighted by Crippen LogP contribution is 2.12. The summed E-state index contributed by atoms with van der Waals surface area (Å²) in [6, 6.07) is 7.74. The second-order valence-electron chi connectivity index (χ2n) is 5.31. The molecule has 0 saturated carbocycles.